The van der Waals surface area contributed by atoms with Crippen molar-refractivity contribution in [2.24, 2.45) is 0 Å². The Hall–Kier alpha value is -2.10. The SMILES string of the molecule is CCCc1ccc2cc(C(=O)OC)c(=O)[nH]c2c1. The van der Waals surface area contributed by atoms with Gasteiger partial charge in [0.1, 0.15) is 5.56 Å². The minimum Gasteiger partial charge on any atom is -0.465 e. The first kappa shape index (κ1) is 12.4. The maximum atomic E-state index is 11.7. The van der Waals surface area contributed by atoms with Crippen LogP contribution in [0.4, 0.5) is 0 Å². The van der Waals surface area contributed by atoms with Crippen LogP contribution in [0.25, 0.3) is 10.9 Å². The summed E-state index contributed by atoms with van der Waals surface area (Å²) in [6, 6.07) is 7.42. The summed E-state index contributed by atoms with van der Waals surface area (Å²) in [5, 5.41) is 0.829. The number of esters is 1. The molecule has 0 spiro atoms. The maximum absolute atomic E-state index is 11.7. The van der Waals surface area contributed by atoms with Crippen LogP contribution in [-0.4, -0.2) is 18.1 Å². The van der Waals surface area contributed by atoms with Gasteiger partial charge in [-0.25, -0.2) is 4.79 Å². The molecule has 1 aromatic heterocycles. The Morgan fingerprint density at radius 1 is 1.33 bits per heavy atom. The van der Waals surface area contributed by atoms with Crippen molar-refractivity contribution in [2.75, 3.05) is 7.11 Å². The monoisotopic (exact) mass is 245 g/mol. The Bertz CT molecular complexity index is 643. The molecule has 4 heteroatoms. The molecule has 94 valence electrons. The van der Waals surface area contributed by atoms with E-state index in [0.717, 1.165) is 23.7 Å². The Labute approximate surface area is 105 Å². The zero-order valence-electron chi connectivity index (χ0n) is 10.4. The average Bonchev–Trinajstić information content (AvgIpc) is 2.37. The number of aromatic nitrogens is 1. The van der Waals surface area contributed by atoms with Crippen LogP contribution in [-0.2, 0) is 11.2 Å². The van der Waals surface area contributed by atoms with Crippen molar-refractivity contribution in [1.29, 1.82) is 0 Å². The predicted molar refractivity (Wildman–Crippen MR) is 69.9 cm³/mol. The highest BCUT2D eigenvalue weighted by molar-refractivity contribution is 5.93. The molecule has 1 heterocycles. The van der Waals surface area contributed by atoms with Gasteiger partial charge in [0.25, 0.3) is 5.56 Å². The second-order valence-electron chi connectivity index (χ2n) is 4.18. The Kier molecular flexibility index (Phi) is 3.46. The van der Waals surface area contributed by atoms with Crippen LogP contribution in [0, 0.1) is 0 Å². The molecule has 0 atom stereocenters. The quantitative estimate of drug-likeness (QED) is 0.844. The molecule has 0 aliphatic heterocycles. The number of aryl methyl sites for hydroxylation is 1. The van der Waals surface area contributed by atoms with Crippen LogP contribution in [0.3, 0.4) is 0 Å². The van der Waals surface area contributed by atoms with Crippen molar-refractivity contribution in [3.63, 3.8) is 0 Å². The average molecular weight is 245 g/mol. The van der Waals surface area contributed by atoms with E-state index in [1.165, 1.54) is 12.7 Å². The van der Waals surface area contributed by atoms with Crippen molar-refractivity contribution < 1.29 is 9.53 Å². The van der Waals surface area contributed by atoms with Crippen molar-refractivity contribution in [3.05, 3.63) is 45.7 Å². The maximum Gasteiger partial charge on any atom is 0.343 e. The van der Waals surface area contributed by atoms with Crippen molar-refractivity contribution in [3.8, 4) is 0 Å². The molecule has 2 rings (SSSR count). The van der Waals surface area contributed by atoms with Gasteiger partial charge in [-0.15, -0.1) is 0 Å². The number of rotatable bonds is 3. The Morgan fingerprint density at radius 3 is 2.78 bits per heavy atom. The first-order valence-corrected chi connectivity index (χ1v) is 5.90. The highest BCUT2D eigenvalue weighted by Crippen LogP contribution is 2.15. The van der Waals surface area contributed by atoms with Crippen LogP contribution >= 0.6 is 0 Å². The molecule has 1 aromatic carbocycles. The van der Waals surface area contributed by atoms with Crippen LogP contribution in [0.5, 0.6) is 0 Å². The molecule has 0 aliphatic rings. The lowest BCUT2D eigenvalue weighted by atomic mass is 10.1. The lowest BCUT2D eigenvalue weighted by molar-refractivity contribution is 0.0599. The number of hydrogen-bond donors (Lipinski definition) is 1. The molecule has 2 aromatic rings. The van der Waals surface area contributed by atoms with Crippen LogP contribution in [0.15, 0.2) is 29.1 Å². The lowest BCUT2D eigenvalue weighted by Crippen LogP contribution is -2.18. The molecular weight excluding hydrogens is 230 g/mol. The van der Waals surface area contributed by atoms with Gasteiger partial charge in [-0.05, 0) is 29.5 Å². The fourth-order valence-corrected chi connectivity index (χ4v) is 1.95. The first-order valence-electron chi connectivity index (χ1n) is 5.90. The van der Waals surface area contributed by atoms with Gasteiger partial charge < -0.3 is 9.72 Å². The van der Waals surface area contributed by atoms with Crippen molar-refractivity contribution in [2.45, 2.75) is 19.8 Å². The molecule has 0 unspecified atom stereocenters. The Morgan fingerprint density at radius 2 is 2.11 bits per heavy atom. The number of carbonyl (C=O) groups excluding carboxylic acids is 1. The molecule has 0 amide bonds. The van der Waals surface area contributed by atoms with E-state index < -0.39 is 11.5 Å². The fraction of sp³-hybridized carbons (Fsp3) is 0.286. The van der Waals surface area contributed by atoms with Crippen LogP contribution < -0.4 is 5.56 Å². The second kappa shape index (κ2) is 5.04. The molecule has 0 bridgehead atoms. The number of carbonyl (C=O) groups is 1. The van der Waals surface area contributed by atoms with E-state index in [1.54, 1.807) is 6.07 Å². The second-order valence-corrected chi connectivity index (χ2v) is 4.18. The molecule has 0 fully saturated rings. The van der Waals surface area contributed by atoms with Gasteiger partial charge in [0.15, 0.2) is 0 Å². The number of nitrogens with one attached hydrogen (secondary N) is 1. The molecule has 18 heavy (non-hydrogen) atoms. The molecule has 4 nitrogen and oxygen atoms in total. The summed E-state index contributed by atoms with van der Waals surface area (Å²) in [6.45, 7) is 2.10. The number of aromatic amines is 1. The summed E-state index contributed by atoms with van der Waals surface area (Å²) in [7, 11) is 1.26. The third kappa shape index (κ3) is 2.27. The van der Waals surface area contributed by atoms with Crippen LogP contribution in [0.1, 0.15) is 29.3 Å². The molecule has 0 radical (unpaired) electrons. The van der Waals surface area contributed by atoms with Gasteiger partial charge in [0.05, 0.1) is 7.11 Å². The number of pyridine rings is 1. The van der Waals surface area contributed by atoms with Gasteiger partial charge in [-0.1, -0.05) is 25.5 Å². The summed E-state index contributed by atoms with van der Waals surface area (Å²) in [4.78, 5) is 25.9. The zero-order valence-corrected chi connectivity index (χ0v) is 10.4. The van der Waals surface area contributed by atoms with E-state index in [2.05, 4.69) is 16.6 Å². The van der Waals surface area contributed by atoms with E-state index in [4.69, 9.17) is 0 Å². The molecular formula is C14H15NO3. The van der Waals surface area contributed by atoms with E-state index in [9.17, 15) is 9.59 Å². The topological polar surface area (TPSA) is 59.2 Å². The van der Waals surface area contributed by atoms with E-state index in [-0.39, 0.29) is 5.56 Å². The largest absolute Gasteiger partial charge is 0.465 e. The van der Waals surface area contributed by atoms with Gasteiger partial charge in [-0.2, -0.15) is 0 Å². The number of hydrogen-bond acceptors (Lipinski definition) is 3. The minimum absolute atomic E-state index is 0.0354. The Balaban J connectivity index is 2.57. The first-order chi connectivity index (χ1) is 8.65. The molecule has 1 N–H and O–H groups in total. The molecule has 0 saturated carbocycles. The van der Waals surface area contributed by atoms with Crippen LogP contribution in [0.2, 0.25) is 0 Å². The van der Waals surface area contributed by atoms with Crippen molar-refractivity contribution in [1.82, 2.24) is 4.98 Å². The summed E-state index contributed by atoms with van der Waals surface area (Å²) < 4.78 is 4.57. The third-order valence-corrected chi connectivity index (χ3v) is 2.85. The fourth-order valence-electron chi connectivity index (χ4n) is 1.95. The minimum atomic E-state index is -0.615. The van der Waals surface area contributed by atoms with E-state index in [0.29, 0.717) is 0 Å². The third-order valence-electron chi connectivity index (χ3n) is 2.85. The number of fused-ring (bicyclic) bond motifs is 1. The standard InChI is InChI=1S/C14H15NO3/c1-3-4-9-5-6-10-8-11(14(17)18-2)13(16)15-12(10)7-9/h5-8H,3-4H2,1-2H3,(H,15,16). The number of benzene rings is 1. The van der Waals surface area contributed by atoms with E-state index in [1.807, 2.05) is 18.2 Å². The van der Waals surface area contributed by atoms with Gasteiger partial charge in [0, 0.05) is 5.52 Å². The zero-order chi connectivity index (χ0) is 13.1. The highest BCUT2D eigenvalue weighted by Gasteiger charge is 2.11. The van der Waals surface area contributed by atoms with E-state index >= 15 is 0 Å². The molecule has 0 aliphatic carbocycles. The summed E-state index contributed by atoms with van der Waals surface area (Å²) >= 11 is 0. The van der Waals surface area contributed by atoms with Gasteiger partial charge in [0.2, 0.25) is 0 Å². The van der Waals surface area contributed by atoms with Gasteiger partial charge in [-0.3, -0.25) is 4.79 Å². The predicted octanol–water partition coefficient (Wildman–Crippen LogP) is 2.27. The molecule has 0 saturated heterocycles. The summed E-state index contributed by atoms with van der Waals surface area (Å²) in [5.41, 5.74) is 1.54. The summed E-state index contributed by atoms with van der Waals surface area (Å²) in [6.07, 6.45) is 2.02. The number of ether oxygens (including phenoxy) is 1. The van der Waals surface area contributed by atoms with Crippen molar-refractivity contribution >= 4 is 16.9 Å². The normalized spacial score (nSPS) is 10.6. The number of H-pyrrole nitrogens is 1. The summed E-state index contributed by atoms with van der Waals surface area (Å²) in [5.74, 6) is -0.615. The van der Waals surface area contributed by atoms with Gasteiger partial charge >= 0.3 is 5.97 Å². The lowest BCUT2D eigenvalue weighted by Gasteiger charge is -2.04. The number of methoxy groups -OCH3 is 1. The highest BCUT2D eigenvalue weighted by atomic mass is 16.5. The smallest absolute Gasteiger partial charge is 0.343 e.